The van der Waals surface area contributed by atoms with Gasteiger partial charge in [0.05, 0.1) is 5.56 Å². The molecule has 0 bridgehead atoms. The molecule has 0 aromatic carbocycles. The maximum atomic E-state index is 13.3. The van der Waals surface area contributed by atoms with Gasteiger partial charge in [-0.1, -0.05) is 46.5 Å². The van der Waals surface area contributed by atoms with Crippen molar-refractivity contribution in [1.29, 1.82) is 0 Å². The van der Waals surface area contributed by atoms with Gasteiger partial charge in [0.15, 0.2) is 11.3 Å². The van der Waals surface area contributed by atoms with Crippen LogP contribution in [0.2, 0.25) is 0 Å². The topological polar surface area (TPSA) is 42.1 Å². The van der Waals surface area contributed by atoms with Crippen LogP contribution < -0.4 is 10.2 Å². The Balaban J connectivity index is 1.76. The summed E-state index contributed by atoms with van der Waals surface area (Å²) in [6, 6.07) is 1.91. The second-order valence-corrected chi connectivity index (χ2v) is 10.7. The largest absolute Gasteiger partial charge is 0.472 e. The van der Waals surface area contributed by atoms with E-state index in [0.717, 1.165) is 30.0 Å². The zero-order valence-corrected chi connectivity index (χ0v) is 17.9. The second kappa shape index (κ2) is 6.67. The average Bonchev–Trinajstić information content (AvgIpc) is 2.61. The minimum Gasteiger partial charge on any atom is -0.472 e. The normalized spacial score (nSPS) is 30.9. The summed E-state index contributed by atoms with van der Waals surface area (Å²) in [7, 11) is 0. The molecule has 0 radical (unpaired) electrons. The number of H-pyrrole nitrogens is 1. The SMILES string of the molecule is C[C@H]1CC[C@@H]2[C@H](C1)c1c([nH]c(C(C)(C)C3CCCCC3)cc1=O)OC2(C)C. The van der Waals surface area contributed by atoms with Gasteiger partial charge in [-0.25, -0.2) is 0 Å². The van der Waals surface area contributed by atoms with Crippen LogP contribution in [0, 0.1) is 17.8 Å². The number of nitrogens with one attached hydrogen (secondary N) is 1. The average molecular weight is 372 g/mol. The van der Waals surface area contributed by atoms with Crippen molar-refractivity contribution >= 4 is 0 Å². The van der Waals surface area contributed by atoms with Crippen LogP contribution in [0.25, 0.3) is 0 Å². The van der Waals surface area contributed by atoms with Crippen molar-refractivity contribution in [3.63, 3.8) is 0 Å². The van der Waals surface area contributed by atoms with Crippen LogP contribution in [-0.2, 0) is 5.41 Å². The van der Waals surface area contributed by atoms with Crippen molar-refractivity contribution in [1.82, 2.24) is 4.98 Å². The van der Waals surface area contributed by atoms with E-state index in [1.165, 1.54) is 38.5 Å². The van der Waals surface area contributed by atoms with Crippen molar-refractivity contribution in [2.24, 2.45) is 17.8 Å². The summed E-state index contributed by atoms with van der Waals surface area (Å²) in [5.74, 6) is 2.87. The molecule has 1 aromatic heterocycles. The molecule has 2 aliphatic carbocycles. The number of fused-ring (bicyclic) bond motifs is 3. The van der Waals surface area contributed by atoms with E-state index in [2.05, 4.69) is 39.6 Å². The van der Waals surface area contributed by atoms with E-state index in [1.807, 2.05) is 6.07 Å². The first-order valence-electron chi connectivity index (χ1n) is 11.2. The molecule has 0 amide bonds. The quantitative estimate of drug-likeness (QED) is 0.701. The second-order valence-electron chi connectivity index (χ2n) is 10.7. The molecule has 0 unspecified atom stereocenters. The summed E-state index contributed by atoms with van der Waals surface area (Å²) >= 11 is 0. The molecule has 0 saturated heterocycles. The van der Waals surface area contributed by atoms with Crippen molar-refractivity contribution in [2.45, 2.75) is 103 Å². The van der Waals surface area contributed by atoms with Gasteiger partial charge < -0.3 is 9.72 Å². The van der Waals surface area contributed by atoms with Gasteiger partial charge in [-0.3, -0.25) is 4.79 Å². The monoisotopic (exact) mass is 371 g/mol. The molecule has 27 heavy (non-hydrogen) atoms. The van der Waals surface area contributed by atoms with E-state index in [1.54, 1.807) is 0 Å². The molecule has 3 nitrogen and oxygen atoms in total. The zero-order valence-electron chi connectivity index (χ0n) is 17.9. The number of pyridine rings is 1. The van der Waals surface area contributed by atoms with Crippen LogP contribution in [0.1, 0.15) is 103 Å². The Labute approximate surface area is 164 Å². The highest BCUT2D eigenvalue weighted by Gasteiger charge is 2.48. The lowest BCUT2D eigenvalue weighted by atomic mass is 9.64. The van der Waals surface area contributed by atoms with Gasteiger partial charge in [0.25, 0.3) is 0 Å². The third-order valence-electron chi connectivity index (χ3n) is 8.10. The minimum absolute atomic E-state index is 0.0151. The summed E-state index contributed by atoms with van der Waals surface area (Å²) in [5, 5.41) is 0. The summed E-state index contributed by atoms with van der Waals surface area (Å²) in [4.78, 5) is 16.9. The third kappa shape index (κ3) is 3.25. The van der Waals surface area contributed by atoms with E-state index in [-0.39, 0.29) is 16.4 Å². The smallest absolute Gasteiger partial charge is 0.199 e. The summed E-state index contributed by atoms with van der Waals surface area (Å²) in [6.07, 6.45) is 10.0. The predicted molar refractivity (Wildman–Crippen MR) is 111 cm³/mol. The molecular formula is C24H37NO2. The van der Waals surface area contributed by atoms with Crippen LogP contribution in [0.4, 0.5) is 0 Å². The predicted octanol–water partition coefficient (Wildman–Crippen LogP) is 5.92. The molecule has 150 valence electrons. The molecule has 3 aliphatic rings. The van der Waals surface area contributed by atoms with E-state index in [9.17, 15) is 4.79 Å². The molecule has 1 aliphatic heterocycles. The van der Waals surface area contributed by atoms with Gasteiger partial charge in [0.2, 0.25) is 0 Å². The van der Waals surface area contributed by atoms with Crippen LogP contribution in [0.15, 0.2) is 10.9 Å². The van der Waals surface area contributed by atoms with E-state index >= 15 is 0 Å². The lowest BCUT2D eigenvalue weighted by molar-refractivity contribution is -0.0186. The standard InChI is InChI=1S/C24H37NO2/c1-15-11-12-18-17(13-15)21-19(26)14-20(25-22(21)27-24(18,4)5)23(2,3)16-9-7-6-8-10-16/h14-18H,6-13H2,1-5H3,(H,25,26)/t15-,17-,18+/m0/s1. The maximum absolute atomic E-state index is 13.3. The van der Waals surface area contributed by atoms with E-state index in [4.69, 9.17) is 4.74 Å². The number of hydrogen-bond donors (Lipinski definition) is 1. The maximum Gasteiger partial charge on any atom is 0.199 e. The number of aromatic amines is 1. The molecule has 4 rings (SSSR count). The molecule has 3 atom stereocenters. The summed E-state index contributed by atoms with van der Waals surface area (Å²) in [6.45, 7) is 11.4. The molecule has 2 saturated carbocycles. The molecule has 0 spiro atoms. The van der Waals surface area contributed by atoms with Crippen LogP contribution in [-0.4, -0.2) is 10.6 Å². The van der Waals surface area contributed by atoms with Crippen molar-refractivity contribution in [3.8, 4) is 5.88 Å². The molecular weight excluding hydrogens is 334 g/mol. The Hall–Kier alpha value is -1.25. The highest BCUT2D eigenvalue weighted by atomic mass is 16.5. The fourth-order valence-electron chi connectivity index (χ4n) is 6.24. The van der Waals surface area contributed by atoms with Crippen LogP contribution in [0.3, 0.4) is 0 Å². The van der Waals surface area contributed by atoms with Crippen molar-refractivity contribution in [2.75, 3.05) is 0 Å². The van der Waals surface area contributed by atoms with Crippen LogP contribution in [0.5, 0.6) is 5.88 Å². The Morgan fingerprint density at radius 1 is 1.11 bits per heavy atom. The highest BCUT2D eigenvalue weighted by molar-refractivity contribution is 5.38. The molecule has 1 aromatic rings. The third-order valence-corrected chi connectivity index (χ3v) is 8.10. The highest BCUT2D eigenvalue weighted by Crippen LogP contribution is 2.51. The first kappa shape index (κ1) is 19.1. The van der Waals surface area contributed by atoms with Gasteiger partial charge >= 0.3 is 0 Å². The Bertz CT molecular complexity index is 754. The van der Waals surface area contributed by atoms with Crippen molar-refractivity contribution < 1.29 is 4.74 Å². The van der Waals surface area contributed by atoms with E-state index in [0.29, 0.717) is 23.7 Å². The van der Waals surface area contributed by atoms with Gasteiger partial charge in [-0.15, -0.1) is 0 Å². The lowest BCUT2D eigenvalue weighted by Crippen LogP contribution is -2.49. The summed E-state index contributed by atoms with van der Waals surface area (Å²) in [5.41, 5.74) is 1.96. The lowest BCUT2D eigenvalue weighted by Gasteiger charge is -2.48. The van der Waals surface area contributed by atoms with Crippen LogP contribution >= 0.6 is 0 Å². The Morgan fingerprint density at radius 2 is 1.81 bits per heavy atom. The van der Waals surface area contributed by atoms with E-state index < -0.39 is 0 Å². The first-order valence-corrected chi connectivity index (χ1v) is 11.2. The van der Waals surface area contributed by atoms with Gasteiger partial charge in [-0.2, -0.15) is 0 Å². The molecule has 2 fully saturated rings. The van der Waals surface area contributed by atoms with Gasteiger partial charge in [-0.05, 0) is 57.3 Å². The first-order chi connectivity index (χ1) is 12.7. The van der Waals surface area contributed by atoms with Gasteiger partial charge in [0.1, 0.15) is 5.60 Å². The number of hydrogen-bond acceptors (Lipinski definition) is 2. The fourth-order valence-corrected chi connectivity index (χ4v) is 6.24. The Kier molecular flexibility index (Phi) is 4.71. The molecule has 3 heteroatoms. The number of rotatable bonds is 2. The number of aromatic nitrogens is 1. The number of ether oxygens (including phenoxy) is 1. The molecule has 1 N–H and O–H groups in total. The molecule has 2 heterocycles. The Morgan fingerprint density at radius 3 is 2.52 bits per heavy atom. The zero-order chi connectivity index (χ0) is 19.4. The minimum atomic E-state index is -0.214. The summed E-state index contributed by atoms with van der Waals surface area (Å²) < 4.78 is 6.47. The fraction of sp³-hybridized carbons (Fsp3) is 0.792. The van der Waals surface area contributed by atoms with Crippen molar-refractivity contribution in [3.05, 3.63) is 27.5 Å². The van der Waals surface area contributed by atoms with Gasteiger partial charge in [0, 0.05) is 23.1 Å².